The van der Waals surface area contributed by atoms with E-state index in [0.717, 1.165) is 6.42 Å². The molecule has 0 saturated carbocycles. The van der Waals surface area contributed by atoms with Gasteiger partial charge in [-0.15, -0.1) is 0 Å². The summed E-state index contributed by atoms with van der Waals surface area (Å²) in [5, 5.41) is 5.23. The summed E-state index contributed by atoms with van der Waals surface area (Å²) in [5.41, 5.74) is 0. The fourth-order valence-electron chi connectivity index (χ4n) is 1.69. The molecule has 0 bridgehead atoms. The zero-order valence-corrected chi connectivity index (χ0v) is 11.1. The van der Waals surface area contributed by atoms with Crippen LogP contribution in [0.4, 0.5) is 0 Å². The van der Waals surface area contributed by atoms with Gasteiger partial charge in [0.05, 0.1) is 11.3 Å². The van der Waals surface area contributed by atoms with Crippen LogP contribution in [-0.4, -0.2) is 45.3 Å². The maximum absolute atomic E-state index is 11.9. The molecule has 0 spiro atoms. The minimum absolute atomic E-state index is 0.276. The second-order valence-corrected chi connectivity index (χ2v) is 6.28. The third-order valence-corrected chi connectivity index (χ3v) is 4.70. The van der Waals surface area contributed by atoms with Crippen molar-refractivity contribution in [3.05, 3.63) is 0 Å². The van der Waals surface area contributed by atoms with E-state index < -0.39 is 21.3 Å². The molecule has 1 fully saturated rings. The predicted octanol–water partition coefficient (Wildman–Crippen LogP) is -0.818. The molecule has 3 N–H and O–H groups in total. The van der Waals surface area contributed by atoms with Crippen molar-refractivity contribution in [1.82, 2.24) is 15.4 Å². The molecule has 1 amide bonds. The summed E-state index contributed by atoms with van der Waals surface area (Å²) >= 11 is 0. The second-order valence-electron chi connectivity index (χ2n) is 4.29. The molecule has 0 aliphatic carbocycles. The summed E-state index contributed by atoms with van der Waals surface area (Å²) in [4.78, 5) is 11.5. The van der Waals surface area contributed by atoms with Crippen molar-refractivity contribution < 1.29 is 13.2 Å². The molecule has 1 saturated heterocycles. The van der Waals surface area contributed by atoms with Crippen LogP contribution in [0.1, 0.15) is 26.7 Å². The minimum atomic E-state index is -3.40. The summed E-state index contributed by atoms with van der Waals surface area (Å²) < 4.78 is 26.2. The van der Waals surface area contributed by atoms with Crippen LogP contribution in [0.3, 0.4) is 0 Å². The monoisotopic (exact) mass is 263 g/mol. The molecule has 1 aliphatic rings. The summed E-state index contributed by atoms with van der Waals surface area (Å²) in [6.45, 7) is 5.24. The van der Waals surface area contributed by atoms with Gasteiger partial charge >= 0.3 is 0 Å². The average molecular weight is 263 g/mol. The predicted molar refractivity (Wildman–Crippen MR) is 66.1 cm³/mol. The van der Waals surface area contributed by atoms with Gasteiger partial charge < -0.3 is 10.6 Å². The van der Waals surface area contributed by atoms with Gasteiger partial charge in [-0.3, -0.25) is 4.79 Å². The van der Waals surface area contributed by atoms with Crippen LogP contribution < -0.4 is 15.4 Å². The largest absolute Gasteiger partial charge is 0.355 e. The molecule has 0 aromatic rings. The van der Waals surface area contributed by atoms with Gasteiger partial charge in [-0.25, -0.2) is 13.1 Å². The van der Waals surface area contributed by atoms with Crippen molar-refractivity contribution in [2.24, 2.45) is 0 Å². The van der Waals surface area contributed by atoms with E-state index in [9.17, 15) is 13.2 Å². The molecule has 6 nitrogen and oxygen atoms in total. The molecule has 17 heavy (non-hydrogen) atoms. The van der Waals surface area contributed by atoms with E-state index in [0.29, 0.717) is 26.1 Å². The van der Waals surface area contributed by atoms with Crippen molar-refractivity contribution >= 4 is 15.9 Å². The van der Waals surface area contributed by atoms with E-state index in [-0.39, 0.29) is 5.91 Å². The Labute approximate surface area is 103 Å². The first-order valence-corrected chi connectivity index (χ1v) is 7.51. The zero-order chi connectivity index (χ0) is 12.9. The zero-order valence-electron chi connectivity index (χ0n) is 10.3. The number of carbonyl (C=O) groups excluding carboxylic acids is 1. The molecular formula is C10H21N3O3S. The fraction of sp³-hybridized carbons (Fsp3) is 0.900. The molecule has 2 unspecified atom stereocenters. The van der Waals surface area contributed by atoms with Crippen molar-refractivity contribution in [1.29, 1.82) is 0 Å². The van der Waals surface area contributed by atoms with Crippen LogP contribution in [0, 0.1) is 0 Å². The Morgan fingerprint density at radius 3 is 2.76 bits per heavy atom. The average Bonchev–Trinajstić information content (AvgIpc) is 2.79. The highest BCUT2D eigenvalue weighted by Crippen LogP contribution is 2.08. The molecule has 1 aliphatic heterocycles. The Morgan fingerprint density at radius 1 is 1.53 bits per heavy atom. The number of sulfonamides is 1. The Morgan fingerprint density at radius 2 is 2.24 bits per heavy atom. The van der Waals surface area contributed by atoms with E-state index in [1.165, 1.54) is 0 Å². The molecule has 0 aromatic carbocycles. The van der Waals surface area contributed by atoms with Crippen LogP contribution in [0.2, 0.25) is 0 Å². The van der Waals surface area contributed by atoms with E-state index in [2.05, 4.69) is 15.4 Å². The molecule has 2 atom stereocenters. The molecule has 1 rings (SSSR count). The maximum atomic E-state index is 11.9. The maximum Gasteiger partial charge on any atom is 0.237 e. The summed E-state index contributed by atoms with van der Waals surface area (Å²) in [7, 11) is -3.40. The summed E-state index contributed by atoms with van der Waals surface area (Å²) in [6.07, 6.45) is 1.43. The van der Waals surface area contributed by atoms with Crippen molar-refractivity contribution in [3.63, 3.8) is 0 Å². The SMILES string of the molecule is CCCNC(=O)C(C)NS(=O)(=O)C1CCNC1. The first-order chi connectivity index (χ1) is 7.97. The van der Waals surface area contributed by atoms with Crippen LogP contribution in [0.15, 0.2) is 0 Å². The molecule has 7 heteroatoms. The number of hydrogen-bond acceptors (Lipinski definition) is 4. The molecule has 0 radical (unpaired) electrons. The van der Waals surface area contributed by atoms with Crippen LogP contribution in [-0.2, 0) is 14.8 Å². The van der Waals surface area contributed by atoms with E-state index in [1.54, 1.807) is 6.92 Å². The molecule has 1 heterocycles. The minimum Gasteiger partial charge on any atom is -0.355 e. The Kier molecular flexibility index (Phi) is 5.35. The van der Waals surface area contributed by atoms with Gasteiger partial charge in [0.15, 0.2) is 0 Å². The van der Waals surface area contributed by atoms with Gasteiger partial charge in [0.25, 0.3) is 0 Å². The Bertz CT molecular complexity index is 350. The Hall–Kier alpha value is -0.660. The van der Waals surface area contributed by atoms with E-state index in [4.69, 9.17) is 0 Å². The van der Waals surface area contributed by atoms with Crippen molar-refractivity contribution in [3.8, 4) is 0 Å². The first kappa shape index (κ1) is 14.4. The van der Waals surface area contributed by atoms with Gasteiger partial charge in [0.2, 0.25) is 15.9 Å². The normalized spacial score (nSPS) is 22.4. The number of nitrogens with one attached hydrogen (secondary N) is 3. The van der Waals surface area contributed by atoms with E-state index >= 15 is 0 Å². The van der Waals surface area contributed by atoms with Gasteiger partial charge in [-0.05, 0) is 26.3 Å². The van der Waals surface area contributed by atoms with E-state index in [1.807, 2.05) is 6.92 Å². The number of rotatable bonds is 6. The summed E-state index contributed by atoms with van der Waals surface area (Å²) in [5.74, 6) is -0.276. The van der Waals surface area contributed by atoms with Crippen molar-refractivity contribution in [2.75, 3.05) is 19.6 Å². The standard InChI is InChI=1S/C10H21N3O3S/c1-3-5-12-10(14)8(2)13-17(15,16)9-4-6-11-7-9/h8-9,11,13H,3-7H2,1-2H3,(H,12,14). The first-order valence-electron chi connectivity index (χ1n) is 5.97. The van der Waals surface area contributed by atoms with Crippen LogP contribution >= 0.6 is 0 Å². The third kappa shape index (κ3) is 4.25. The number of amides is 1. The van der Waals surface area contributed by atoms with Gasteiger partial charge in [0.1, 0.15) is 0 Å². The molecule has 0 aromatic heterocycles. The lowest BCUT2D eigenvalue weighted by Crippen LogP contribution is -2.48. The second kappa shape index (κ2) is 6.32. The number of carbonyl (C=O) groups is 1. The Balaban J connectivity index is 2.49. The lowest BCUT2D eigenvalue weighted by atomic mass is 10.3. The van der Waals surface area contributed by atoms with Gasteiger partial charge in [0, 0.05) is 13.1 Å². The summed E-state index contributed by atoms with van der Waals surface area (Å²) in [6, 6.07) is -0.716. The van der Waals surface area contributed by atoms with Crippen LogP contribution in [0.25, 0.3) is 0 Å². The highest BCUT2D eigenvalue weighted by atomic mass is 32.2. The van der Waals surface area contributed by atoms with Gasteiger partial charge in [-0.2, -0.15) is 0 Å². The highest BCUT2D eigenvalue weighted by Gasteiger charge is 2.31. The molecule has 100 valence electrons. The lowest BCUT2D eigenvalue weighted by molar-refractivity contribution is -0.122. The van der Waals surface area contributed by atoms with Crippen molar-refractivity contribution in [2.45, 2.75) is 38.0 Å². The molecular weight excluding hydrogens is 242 g/mol. The van der Waals surface area contributed by atoms with Gasteiger partial charge in [-0.1, -0.05) is 6.92 Å². The van der Waals surface area contributed by atoms with Crippen LogP contribution in [0.5, 0.6) is 0 Å². The fourth-order valence-corrected chi connectivity index (χ4v) is 3.25. The topological polar surface area (TPSA) is 87.3 Å². The number of hydrogen-bond donors (Lipinski definition) is 3. The smallest absolute Gasteiger partial charge is 0.237 e. The third-order valence-electron chi connectivity index (χ3n) is 2.74. The highest BCUT2D eigenvalue weighted by molar-refractivity contribution is 7.90. The lowest BCUT2D eigenvalue weighted by Gasteiger charge is -2.17. The quantitative estimate of drug-likeness (QED) is 0.584.